The third-order valence-corrected chi connectivity index (χ3v) is 13.1. The number of carbonyl (C=O) groups excluding carboxylic acids is 4. The molecule has 2 heterocycles. The Hall–Kier alpha value is -2.90. The molecule has 278 valence electrons. The largest absolute Gasteiger partial charge is 0.330 e. The van der Waals surface area contributed by atoms with E-state index in [1.807, 2.05) is 48.5 Å². The molecule has 0 atom stereocenters. The van der Waals surface area contributed by atoms with Crippen LogP contribution in [-0.4, -0.2) is 61.4 Å². The highest BCUT2D eigenvalue weighted by atomic mass is 127. The lowest BCUT2D eigenvalue weighted by Gasteiger charge is -2.35. The van der Waals surface area contributed by atoms with Crippen LogP contribution in [0.3, 0.4) is 0 Å². The first kappa shape index (κ1) is 38.4. The van der Waals surface area contributed by atoms with Crippen molar-refractivity contribution in [2.24, 2.45) is 5.73 Å². The molecule has 0 unspecified atom stereocenters. The van der Waals surface area contributed by atoms with Crippen LogP contribution in [0.5, 0.6) is 0 Å². The average Bonchev–Trinajstić information content (AvgIpc) is 3.17. The van der Waals surface area contributed by atoms with Crippen molar-refractivity contribution in [3.8, 4) is 0 Å². The number of unbranched alkanes of at least 4 members (excludes halogenated alkanes) is 10. The van der Waals surface area contributed by atoms with E-state index in [-0.39, 0.29) is 29.7 Å². The molecule has 2 aliphatic rings. The quantitative estimate of drug-likeness (QED) is 0.0209. The molecule has 2 N–H and O–H groups in total. The van der Waals surface area contributed by atoms with E-state index in [2.05, 4.69) is 45.2 Å². The second-order valence-corrected chi connectivity index (χ2v) is 17.0. The minimum atomic E-state index is -0.236. The van der Waals surface area contributed by atoms with Crippen molar-refractivity contribution in [1.29, 1.82) is 0 Å². The Labute approximate surface area is 339 Å². The zero-order valence-corrected chi connectivity index (χ0v) is 34.8. The predicted octanol–water partition coefficient (Wildman–Crippen LogP) is 11.0. The second kappa shape index (κ2) is 17.3. The van der Waals surface area contributed by atoms with Crippen LogP contribution in [0, 0.1) is 0 Å². The summed E-state index contributed by atoms with van der Waals surface area (Å²) in [4.78, 5) is 59.7. The molecule has 53 heavy (non-hydrogen) atoms. The summed E-state index contributed by atoms with van der Waals surface area (Å²) in [6, 6.07) is 15.4. The molecule has 4 amide bonds. The molecule has 0 fully saturated rings. The number of nitrogens with zero attached hydrogens (tertiary/aromatic N) is 2. The summed E-state index contributed by atoms with van der Waals surface area (Å²) >= 11 is 4.82. The van der Waals surface area contributed by atoms with Crippen LogP contribution in [0.1, 0.15) is 138 Å². The maximum absolute atomic E-state index is 14.4. The lowest BCUT2D eigenvalue weighted by Crippen LogP contribution is -2.47. The van der Waals surface area contributed by atoms with Gasteiger partial charge in [0.25, 0.3) is 23.6 Å². The fourth-order valence-corrected chi connectivity index (χ4v) is 9.95. The van der Waals surface area contributed by atoms with E-state index in [4.69, 9.17) is 5.73 Å². The van der Waals surface area contributed by atoms with E-state index in [0.717, 1.165) is 143 Å². The van der Waals surface area contributed by atoms with Gasteiger partial charge >= 0.3 is 0 Å². The number of benzene rings is 5. The summed E-state index contributed by atoms with van der Waals surface area (Å²) < 4.78 is 2.22. The number of carbonyl (C=O) groups is 4. The molecular weight excluding hydrogens is 888 g/mol. The summed E-state index contributed by atoms with van der Waals surface area (Å²) in [5.74, 6) is -0.866. The first-order valence-corrected chi connectivity index (χ1v) is 22.7. The summed E-state index contributed by atoms with van der Waals surface area (Å²) in [5, 5.41) is 6.91. The number of alkyl halides is 2. The maximum Gasteiger partial charge on any atom is 0.261 e. The van der Waals surface area contributed by atoms with E-state index in [1.54, 1.807) is 4.90 Å². The van der Waals surface area contributed by atoms with Gasteiger partial charge < -0.3 is 5.73 Å². The monoisotopic (exact) mass is 937 g/mol. The number of halogens is 2. The highest BCUT2D eigenvalue weighted by Gasteiger charge is 2.39. The SMILES string of the molecule is NCCCCCCCCCN1C(=O)c2ccc3c4ccc5c6c(ccc(c7ccc(c2c37)C1=O)c64)C(=O)N(C(CCCCCI)CCCCCI)C5=O. The molecule has 7 nitrogen and oxygen atoms in total. The van der Waals surface area contributed by atoms with E-state index >= 15 is 0 Å². The Balaban J connectivity index is 1.23. The van der Waals surface area contributed by atoms with Gasteiger partial charge in [-0.05, 0) is 111 Å². The molecule has 5 aromatic rings. The van der Waals surface area contributed by atoms with Crippen LogP contribution in [0.25, 0.3) is 43.1 Å². The Morgan fingerprint density at radius 1 is 0.453 bits per heavy atom. The van der Waals surface area contributed by atoms with E-state index in [0.29, 0.717) is 34.2 Å². The van der Waals surface area contributed by atoms with Gasteiger partial charge in [-0.3, -0.25) is 29.0 Å². The van der Waals surface area contributed by atoms with Crippen molar-refractivity contribution in [3.63, 3.8) is 0 Å². The van der Waals surface area contributed by atoms with Gasteiger partial charge in [0.05, 0.1) is 0 Å². The summed E-state index contributed by atoms with van der Waals surface area (Å²) in [7, 11) is 0. The number of fused-ring (bicyclic) bond motifs is 2. The summed E-state index contributed by atoms with van der Waals surface area (Å²) in [5.41, 5.74) is 7.88. The van der Waals surface area contributed by atoms with Gasteiger partial charge in [0.15, 0.2) is 0 Å². The minimum Gasteiger partial charge on any atom is -0.330 e. The van der Waals surface area contributed by atoms with Crippen LogP contribution >= 0.6 is 45.2 Å². The highest BCUT2D eigenvalue weighted by molar-refractivity contribution is 14.1. The van der Waals surface area contributed by atoms with Crippen LogP contribution in [0.15, 0.2) is 48.5 Å². The van der Waals surface area contributed by atoms with Crippen LogP contribution in [-0.2, 0) is 0 Å². The molecule has 0 radical (unpaired) electrons. The predicted molar refractivity (Wildman–Crippen MR) is 233 cm³/mol. The molecule has 0 aliphatic carbocycles. The molecule has 9 heteroatoms. The van der Waals surface area contributed by atoms with Crippen molar-refractivity contribution in [1.82, 2.24) is 9.80 Å². The van der Waals surface area contributed by atoms with Gasteiger partial charge in [0, 0.05) is 45.6 Å². The number of rotatable bonds is 20. The number of nitrogens with two attached hydrogens (primary N) is 1. The van der Waals surface area contributed by atoms with Crippen LogP contribution in [0.4, 0.5) is 0 Å². The van der Waals surface area contributed by atoms with Crippen molar-refractivity contribution in [2.45, 2.75) is 102 Å². The Morgan fingerprint density at radius 2 is 0.830 bits per heavy atom. The van der Waals surface area contributed by atoms with Crippen molar-refractivity contribution in [2.75, 3.05) is 21.9 Å². The van der Waals surface area contributed by atoms with Gasteiger partial charge in [-0.25, -0.2) is 0 Å². The second-order valence-electron chi connectivity index (χ2n) is 14.9. The molecule has 0 bridgehead atoms. The lowest BCUT2D eigenvalue weighted by molar-refractivity contribution is 0.0515. The van der Waals surface area contributed by atoms with Crippen LogP contribution in [0.2, 0.25) is 0 Å². The Kier molecular flexibility index (Phi) is 12.5. The van der Waals surface area contributed by atoms with Crippen molar-refractivity contribution < 1.29 is 19.2 Å². The van der Waals surface area contributed by atoms with Gasteiger partial charge in [0.1, 0.15) is 0 Å². The van der Waals surface area contributed by atoms with Gasteiger partial charge in [0.2, 0.25) is 0 Å². The fourth-order valence-electron chi connectivity index (χ4n) is 8.87. The number of amides is 4. The molecule has 5 aromatic carbocycles. The Bertz CT molecular complexity index is 2050. The summed E-state index contributed by atoms with van der Waals surface area (Å²) in [6.45, 7) is 1.15. The van der Waals surface area contributed by atoms with Crippen molar-refractivity contribution in [3.05, 3.63) is 70.8 Å². The number of imide groups is 2. The van der Waals surface area contributed by atoms with Gasteiger partial charge in [-0.15, -0.1) is 0 Å². The maximum atomic E-state index is 14.4. The topological polar surface area (TPSA) is 101 Å². The minimum absolute atomic E-state index is 0.119. The lowest BCUT2D eigenvalue weighted by atomic mass is 9.82. The molecule has 0 saturated carbocycles. The van der Waals surface area contributed by atoms with Crippen LogP contribution < -0.4 is 5.73 Å². The average molecular weight is 938 g/mol. The molecule has 7 rings (SSSR count). The standard InChI is InChI=1S/C44H49I2N3O4/c45-24-10-6-8-14-28(15-9-7-11-25-46)49-43(52)35-22-18-31-29-16-20-33-39-34(42(51)48(41(33)50)27-13-5-3-1-2-4-12-26-47)21-17-30(37(29)39)32-19-23-36(44(49)53)40(35)38(31)32/h16-23,28H,1-15,24-27,47H2. The summed E-state index contributed by atoms with van der Waals surface area (Å²) in [6.07, 6.45) is 15.5. The Morgan fingerprint density at radius 3 is 1.25 bits per heavy atom. The van der Waals surface area contributed by atoms with Gasteiger partial charge in [-0.2, -0.15) is 0 Å². The number of hydrogen-bond donors (Lipinski definition) is 1. The van der Waals surface area contributed by atoms with Crippen molar-refractivity contribution >= 4 is 112 Å². The smallest absolute Gasteiger partial charge is 0.261 e. The van der Waals surface area contributed by atoms with E-state index in [9.17, 15) is 19.2 Å². The van der Waals surface area contributed by atoms with E-state index < -0.39 is 0 Å². The van der Waals surface area contributed by atoms with Gasteiger partial charge in [-0.1, -0.05) is 127 Å². The van der Waals surface area contributed by atoms with E-state index in [1.165, 1.54) is 11.3 Å². The highest BCUT2D eigenvalue weighted by Crippen LogP contribution is 2.46. The molecule has 0 aromatic heterocycles. The first-order chi connectivity index (χ1) is 25.9. The molecule has 2 aliphatic heterocycles. The third-order valence-electron chi connectivity index (χ3n) is 11.5. The normalized spacial score (nSPS) is 14.5. The zero-order chi connectivity index (χ0) is 37.1. The molecule has 0 spiro atoms. The molecule has 0 saturated heterocycles. The first-order valence-electron chi connectivity index (χ1n) is 19.7. The molecular formula is C44H49I2N3O4. The third kappa shape index (κ3) is 7.19. The fraction of sp³-hybridized carbons (Fsp3) is 0.455. The number of hydrogen-bond acceptors (Lipinski definition) is 5. The zero-order valence-electron chi connectivity index (χ0n) is 30.5.